The van der Waals surface area contributed by atoms with Gasteiger partial charge in [-0.2, -0.15) is 4.98 Å². The number of likely N-dealkylation sites (tertiary alicyclic amines) is 1. The molecule has 12 heteroatoms. The van der Waals surface area contributed by atoms with Crippen molar-refractivity contribution in [3.8, 4) is 0 Å². The Hall–Kier alpha value is -2.64. The zero-order valence-corrected chi connectivity index (χ0v) is 22.7. The Labute approximate surface area is 228 Å². The fourth-order valence-corrected chi connectivity index (χ4v) is 4.56. The third-order valence-corrected chi connectivity index (χ3v) is 6.84. The minimum Gasteiger partial charge on any atom is -0.369 e. The smallest absolute Gasteiger partial charge is 0.321 e. The molecule has 1 saturated heterocycles. The van der Waals surface area contributed by atoms with Crippen molar-refractivity contribution < 1.29 is 9.59 Å². The number of carbonyl (C=O) groups is 2. The highest BCUT2D eigenvalue weighted by atomic mass is 127. The summed E-state index contributed by atoms with van der Waals surface area (Å²) in [6, 6.07) is 11.1. The first-order valence-electron chi connectivity index (χ1n) is 11.1. The molecule has 1 fully saturated rings. The molecule has 4 N–H and O–H groups in total. The molecule has 3 heterocycles. The molecule has 0 aliphatic carbocycles. The molecule has 186 valence electrons. The number of thiophene rings is 1. The number of rotatable bonds is 9. The van der Waals surface area contributed by atoms with Crippen LogP contribution < -0.4 is 21.3 Å². The van der Waals surface area contributed by atoms with Gasteiger partial charge in [0.1, 0.15) is 5.82 Å². The second-order valence-corrected chi connectivity index (χ2v) is 9.84. The number of amides is 3. The average molecular weight is 628 g/mol. The second kappa shape index (κ2) is 13.4. The number of anilines is 4. The van der Waals surface area contributed by atoms with Crippen LogP contribution in [0.25, 0.3) is 0 Å². The standard InChI is InChI=1S/C23H26IN7O2S.ClH/c24-18-15-27-22(30-20(18)25-9-5-10-26-21(32)19-8-4-13-34-19)28-16-6-3-7-17(14-16)29-23(33)31-11-1-2-12-31;/h3-4,6-8,13-15H,1-2,5,9-12H2,(H,26,32)(H,29,33)(H2,25,27,28,30);1H. The lowest BCUT2D eigenvalue weighted by Gasteiger charge is -2.16. The maximum absolute atomic E-state index is 12.3. The van der Waals surface area contributed by atoms with Crippen molar-refractivity contribution in [2.75, 3.05) is 42.1 Å². The predicted molar refractivity (Wildman–Crippen MR) is 151 cm³/mol. The normalized spacial score (nSPS) is 12.5. The largest absolute Gasteiger partial charge is 0.369 e. The molecule has 0 radical (unpaired) electrons. The number of carbonyl (C=O) groups excluding carboxylic acids is 2. The van der Waals surface area contributed by atoms with Gasteiger partial charge < -0.3 is 26.2 Å². The Morgan fingerprint density at radius 3 is 2.66 bits per heavy atom. The highest BCUT2D eigenvalue weighted by Crippen LogP contribution is 2.22. The molecule has 9 nitrogen and oxygen atoms in total. The molecule has 0 spiro atoms. The molecule has 3 amide bonds. The molecule has 2 aromatic heterocycles. The Morgan fingerprint density at radius 2 is 1.89 bits per heavy atom. The Balaban J connectivity index is 0.00000342. The second-order valence-electron chi connectivity index (χ2n) is 7.73. The number of nitrogens with one attached hydrogen (secondary N) is 4. The topological polar surface area (TPSA) is 111 Å². The molecule has 0 bridgehead atoms. The monoisotopic (exact) mass is 627 g/mol. The van der Waals surface area contributed by atoms with E-state index in [1.165, 1.54) is 11.3 Å². The number of halogens is 2. The molecular formula is C23H27ClIN7O2S. The van der Waals surface area contributed by atoms with Gasteiger partial charge in [0.05, 0.1) is 8.45 Å². The van der Waals surface area contributed by atoms with E-state index in [-0.39, 0.29) is 24.3 Å². The van der Waals surface area contributed by atoms with Crippen LogP contribution in [-0.2, 0) is 0 Å². The zero-order valence-electron chi connectivity index (χ0n) is 18.9. The number of nitrogens with zero attached hydrogens (tertiary/aromatic N) is 3. The van der Waals surface area contributed by atoms with E-state index in [1.807, 2.05) is 46.7 Å². The quantitative estimate of drug-likeness (QED) is 0.193. The van der Waals surface area contributed by atoms with Gasteiger partial charge in [-0.05, 0) is 71.5 Å². The van der Waals surface area contributed by atoms with E-state index in [4.69, 9.17) is 0 Å². The highest BCUT2D eigenvalue weighted by molar-refractivity contribution is 14.1. The molecule has 0 unspecified atom stereocenters. The Morgan fingerprint density at radius 1 is 1.09 bits per heavy atom. The fraction of sp³-hybridized carbons (Fsp3) is 0.304. The van der Waals surface area contributed by atoms with Crippen molar-refractivity contribution in [1.29, 1.82) is 0 Å². The molecule has 4 rings (SSSR count). The lowest BCUT2D eigenvalue weighted by atomic mass is 10.3. The van der Waals surface area contributed by atoms with Crippen molar-refractivity contribution in [1.82, 2.24) is 20.2 Å². The van der Waals surface area contributed by atoms with Gasteiger partial charge in [0.15, 0.2) is 0 Å². The molecule has 0 atom stereocenters. The molecule has 1 aromatic carbocycles. The van der Waals surface area contributed by atoms with Gasteiger partial charge in [0.25, 0.3) is 5.91 Å². The van der Waals surface area contributed by atoms with E-state index in [2.05, 4.69) is 53.8 Å². The van der Waals surface area contributed by atoms with E-state index in [0.717, 1.165) is 53.1 Å². The summed E-state index contributed by atoms with van der Waals surface area (Å²) in [5.41, 5.74) is 1.50. The number of urea groups is 1. The van der Waals surface area contributed by atoms with E-state index in [0.29, 0.717) is 23.9 Å². The summed E-state index contributed by atoms with van der Waals surface area (Å²) in [7, 11) is 0. The molecule has 0 saturated carbocycles. The lowest BCUT2D eigenvalue weighted by Crippen LogP contribution is -2.32. The third-order valence-electron chi connectivity index (χ3n) is 5.18. The lowest BCUT2D eigenvalue weighted by molar-refractivity contribution is 0.0957. The van der Waals surface area contributed by atoms with Crippen LogP contribution in [0.4, 0.5) is 27.9 Å². The number of aromatic nitrogens is 2. The SMILES string of the molecule is Cl.O=C(NCCCNc1nc(Nc2cccc(NC(=O)N3CCCC3)c2)ncc1I)c1cccs1. The minimum absolute atomic E-state index is 0. The van der Waals surface area contributed by atoms with Gasteiger partial charge in [0.2, 0.25) is 5.95 Å². The van der Waals surface area contributed by atoms with Crippen molar-refractivity contribution in [3.63, 3.8) is 0 Å². The zero-order chi connectivity index (χ0) is 23.8. The van der Waals surface area contributed by atoms with Crippen molar-refractivity contribution in [2.24, 2.45) is 0 Å². The van der Waals surface area contributed by atoms with Crippen LogP contribution in [0.5, 0.6) is 0 Å². The summed E-state index contributed by atoms with van der Waals surface area (Å²) in [6.07, 6.45) is 4.62. The van der Waals surface area contributed by atoms with Crippen LogP contribution in [0.1, 0.15) is 28.9 Å². The van der Waals surface area contributed by atoms with Crippen molar-refractivity contribution >= 4 is 81.4 Å². The van der Waals surface area contributed by atoms with Crippen LogP contribution in [-0.4, -0.2) is 53.0 Å². The van der Waals surface area contributed by atoms with Crippen molar-refractivity contribution in [2.45, 2.75) is 19.3 Å². The van der Waals surface area contributed by atoms with E-state index >= 15 is 0 Å². The first kappa shape index (κ1) is 27.0. The van der Waals surface area contributed by atoms with Gasteiger partial charge in [-0.15, -0.1) is 23.7 Å². The first-order chi connectivity index (χ1) is 16.6. The van der Waals surface area contributed by atoms with Crippen LogP contribution in [0.3, 0.4) is 0 Å². The fourth-order valence-electron chi connectivity index (χ4n) is 3.47. The Bertz CT molecular complexity index is 1130. The maximum atomic E-state index is 12.3. The van der Waals surface area contributed by atoms with E-state index in [1.54, 1.807) is 6.20 Å². The summed E-state index contributed by atoms with van der Waals surface area (Å²) in [4.78, 5) is 35.8. The van der Waals surface area contributed by atoms with Crippen LogP contribution >= 0.6 is 46.3 Å². The van der Waals surface area contributed by atoms with E-state index in [9.17, 15) is 9.59 Å². The van der Waals surface area contributed by atoms with Gasteiger partial charge in [-0.25, -0.2) is 9.78 Å². The Kier molecular flexibility index (Phi) is 10.4. The van der Waals surface area contributed by atoms with Gasteiger partial charge in [-0.3, -0.25) is 4.79 Å². The van der Waals surface area contributed by atoms with Crippen LogP contribution in [0, 0.1) is 3.57 Å². The average Bonchev–Trinajstić information content (AvgIpc) is 3.56. The summed E-state index contributed by atoms with van der Waals surface area (Å²) >= 11 is 3.62. The van der Waals surface area contributed by atoms with Crippen molar-refractivity contribution in [3.05, 3.63) is 56.4 Å². The summed E-state index contributed by atoms with van der Waals surface area (Å²) < 4.78 is 0.900. The summed E-state index contributed by atoms with van der Waals surface area (Å²) in [6.45, 7) is 2.84. The number of hydrogen-bond donors (Lipinski definition) is 4. The summed E-state index contributed by atoms with van der Waals surface area (Å²) in [5.74, 6) is 1.13. The molecule has 1 aliphatic rings. The van der Waals surface area contributed by atoms with E-state index < -0.39 is 0 Å². The number of hydrogen-bond acceptors (Lipinski definition) is 7. The van der Waals surface area contributed by atoms with Crippen LogP contribution in [0.2, 0.25) is 0 Å². The maximum Gasteiger partial charge on any atom is 0.321 e. The molecule has 3 aromatic rings. The molecule has 1 aliphatic heterocycles. The molecule has 35 heavy (non-hydrogen) atoms. The van der Waals surface area contributed by atoms with Gasteiger partial charge >= 0.3 is 6.03 Å². The first-order valence-corrected chi connectivity index (χ1v) is 13.1. The highest BCUT2D eigenvalue weighted by Gasteiger charge is 2.17. The number of benzene rings is 1. The minimum atomic E-state index is -0.0711. The van der Waals surface area contributed by atoms with Crippen LogP contribution in [0.15, 0.2) is 48.0 Å². The predicted octanol–water partition coefficient (Wildman–Crippen LogP) is 5.17. The third kappa shape index (κ3) is 7.94. The van der Waals surface area contributed by atoms with Gasteiger partial charge in [-0.1, -0.05) is 12.1 Å². The van der Waals surface area contributed by atoms with Gasteiger partial charge in [0, 0.05) is 43.8 Å². The molecular weight excluding hydrogens is 601 g/mol. The summed E-state index contributed by atoms with van der Waals surface area (Å²) in [5, 5.41) is 14.3.